The molecule has 0 heterocycles. The molecule has 0 aromatic rings. The summed E-state index contributed by atoms with van der Waals surface area (Å²) in [6.07, 6.45) is 42.4. The first kappa shape index (κ1) is 50.5. The summed E-state index contributed by atoms with van der Waals surface area (Å²) in [4.78, 5) is 35.2. The van der Waals surface area contributed by atoms with E-state index in [2.05, 4.69) is 80.7 Å². The topological polar surface area (TPSA) is 108 Å². The van der Waals surface area contributed by atoms with Crippen LogP contribution in [0.5, 0.6) is 0 Å². The zero-order valence-electron chi connectivity index (χ0n) is 34.0. The van der Waals surface area contributed by atoms with E-state index in [0.29, 0.717) is 23.9 Å². The van der Waals surface area contributed by atoms with Gasteiger partial charge in [0.2, 0.25) is 0 Å². The van der Waals surface area contributed by atoms with Crippen molar-refractivity contribution in [3.63, 3.8) is 0 Å². The van der Waals surface area contributed by atoms with Gasteiger partial charge in [-0.2, -0.15) is 0 Å². The SMILES string of the molecule is CC/C=C/C/C=C/C/C=C/C/C=C/C/C=C/CCCC(=O)OC[C@@H](COP(=O)(O)OCC[N+](C)(C)C)OC(=O)CCCCCCC/C=C/CCCCC. The molecule has 0 fully saturated rings. The predicted octanol–water partition coefficient (Wildman–Crippen LogP) is 11.1. The molecule has 0 aliphatic rings. The maximum atomic E-state index is 12.6. The highest BCUT2D eigenvalue weighted by molar-refractivity contribution is 7.47. The Morgan fingerprint density at radius 3 is 1.68 bits per heavy atom. The number of hydrogen-bond acceptors (Lipinski definition) is 7. The van der Waals surface area contributed by atoms with Gasteiger partial charge in [-0.15, -0.1) is 0 Å². The van der Waals surface area contributed by atoms with Crippen LogP contribution in [0.1, 0.15) is 136 Å². The fraction of sp³-hybridized carbons (Fsp3) is 0.674. The van der Waals surface area contributed by atoms with E-state index in [4.69, 9.17) is 18.5 Å². The average Bonchev–Trinajstić information content (AvgIpc) is 3.10. The zero-order chi connectivity index (χ0) is 39.3. The molecule has 0 saturated carbocycles. The fourth-order valence-corrected chi connectivity index (χ4v) is 5.55. The second-order valence-electron chi connectivity index (χ2n) is 14.3. The summed E-state index contributed by atoms with van der Waals surface area (Å²) in [7, 11) is 1.43. The van der Waals surface area contributed by atoms with Gasteiger partial charge in [-0.3, -0.25) is 18.6 Å². The van der Waals surface area contributed by atoms with Crippen LogP contribution in [0.2, 0.25) is 0 Å². The molecule has 0 aromatic carbocycles. The largest absolute Gasteiger partial charge is 0.472 e. The van der Waals surface area contributed by atoms with Crippen molar-refractivity contribution < 1.29 is 42.1 Å². The smallest absolute Gasteiger partial charge is 0.462 e. The van der Waals surface area contributed by atoms with E-state index in [1.165, 1.54) is 19.3 Å². The van der Waals surface area contributed by atoms with E-state index in [1.807, 2.05) is 27.2 Å². The van der Waals surface area contributed by atoms with Gasteiger partial charge in [-0.05, 0) is 77.0 Å². The highest BCUT2D eigenvalue weighted by atomic mass is 31.2. The Hall–Kier alpha value is -2.55. The number of allylic oxidation sites excluding steroid dienone is 12. The maximum absolute atomic E-state index is 12.6. The standard InChI is InChI=1S/C43H74NO8P/c1-6-8-10-12-14-16-18-20-21-22-23-24-26-27-29-31-33-35-42(45)49-39-41(40-51-53(47,48)50-38-37-44(3,4)5)52-43(46)36-34-32-30-28-25-19-17-15-13-11-9-7-2/h8,10,14-17,20-21,23-24,27,29,41H,6-7,9,11-13,18-19,22,25-26,28,30-40H2,1-5H3/p+1/b10-8+,16-14+,17-15+,21-20+,24-23+,29-27+/t41-/m0/s1. The van der Waals surface area contributed by atoms with Crippen molar-refractivity contribution in [1.29, 1.82) is 0 Å². The molecule has 0 amide bonds. The Morgan fingerprint density at radius 1 is 0.604 bits per heavy atom. The quantitative estimate of drug-likeness (QED) is 0.0223. The summed E-state index contributed by atoms with van der Waals surface area (Å²) in [5.74, 6) is -0.887. The lowest BCUT2D eigenvalue weighted by atomic mass is 10.1. The minimum Gasteiger partial charge on any atom is -0.462 e. The molecule has 0 bridgehead atoms. The normalized spacial score (nSPS) is 14.5. The second kappa shape index (κ2) is 35.2. The molecule has 10 heteroatoms. The number of unbranched alkanes of at least 4 members (excludes halogenated alkanes) is 9. The first-order valence-corrected chi connectivity index (χ1v) is 21.7. The molecule has 1 N–H and O–H groups in total. The van der Waals surface area contributed by atoms with Gasteiger partial charge in [-0.1, -0.05) is 119 Å². The van der Waals surface area contributed by atoms with Crippen molar-refractivity contribution in [3.8, 4) is 0 Å². The summed E-state index contributed by atoms with van der Waals surface area (Å²) in [6.45, 7) is 4.17. The van der Waals surface area contributed by atoms with Gasteiger partial charge >= 0.3 is 19.8 Å². The van der Waals surface area contributed by atoms with Gasteiger partial charge < -0.3 is 18.9 Å². The van der Waals surface area contributed by atoms with Crippen LogP contribution in [0.4, 0.5) is 0 Å². The predicted molar refractivity (Wildman–Crippen MR) is 219 cm³/mol. The Bertz CT molecular complexity index is 1140. The van der Waals surface area contributed by atoms with Crippen LogP contribution in [0.15, 0.2) is 72.9 Å². The van der Waals surface area contributed by atoms with Gasteiger partial charge in [-0.25, -0.2) is 4.57 Å². The third-order valence-electron chi connectivity index (χ3n) is 7.97. The lowest BCUT2D eigenvalue weighted by Crippen LogP contribution is -2.37. The van der Waals surface area contributed by atoms with Crippen molar-refractivity contribution >= 4 is 19.8 Å². The molecule has 0 saturated heterocycles. The lowest BCUT2D eigenvalue weighted by molar-refractivity contribution is -0.870. The van der Waals surface area contributed by atoms with Gasteiger partial charge in [0.1, 0.15) is 19.8 Å². The van der Waals surface area contributed by atoms with E-state index in [9.17, 15) is 19.0 Å². The Morgan fingerprint density at radius 2 is 1.09 bits per heavy atom. The van der Waals surface area contributed by atoms with Crippen molar-refractivity contribution in [2.75, 3.05) is 47.5 Å². The zero-order valence-corrected chi connectivity index (χ0v) is 34.9. The average molecular weight is 765 g/mol. The molecule has 0 aromatic heterocycles. The number of carbonyl (C=O) groups excluding carboxylic acids is 2. The van der Waals surface area contributed by atoms with Crippen LogP contribution >= 0.6 is 7.82 Å². The van der Waals surface area contributed by atoms with E-state index in [0.717, 1.165) is 77.0 Å². The molecular formula is C43H75NO8P+. The van der Waals surface area contributed by atoms with Crippen LogP contribution in [0, 0.1) is 0 Å². The Kier molecular flexibility index (Phi) is 33.5. The fourth-order valence-electron chi connectivity index (χ4n) is 4.81. The molecule has 9 nitrogen and oxygen atoms in total. The number of nitrogens with zero attached hydrogens (tertiary/aromatic N) is 1. The number of carbonyl (C=O) groups is 2. The minimum atomic E-state index is -4.39. The maximum Gasteiger partial charge on any atom is 0.472 e. The molecule has 1 unspecified atom stereocenters. The van der Waals surface area contributed by atoms with Crippen molar-refractivity contribution in [2.24, 2.45) is 0 Å². The molecule has 53 heavy (non-hydrogen) atoms. The van der Waals surface area contributed by atoms with E-state index >= 15 is 0 Å². The highest BCUT2D eigenvalue weighted by Gasteiger charge is 2.27. The molecule has 0 spiro atoms. The van der Waals surface area contributed by atoms with Gasteiger partial charge in [0.25, 0.3) is 0 Å². The van der Waals surface area contributed by atoms with Gasteiger partial charge in [0.15, 0.2) is 6.10 Å². The number of likely N-dealkylation sites (N-methyl/N-ethyl adjacent to an activating group) is 1. The summed E-state index contributed by atoms with van der Waals surface area (Å²) in [5.41, 5.74) is 0. The summed E-state index contributed by atoms with van der Waals surface area (Å²) in [6, 6.07) is 0. The van der Waals surface area contributed by atoms with Gasteiger partial charge in [0.05, 0.1) is 27.7 Å². The molecule has 0 rings (SSSR count). The first-order valence-electron chi connectivity index (χ1n) is 20.2. The van der Waals surface area contributed by atoms with E-state index in [1.54, 1.807) is 0 Å². The Balaban J connectivity index is 4.53. The molecule has 304 valence electrons. The molecule has 0 aliphatic carbocycles. The summed E-state index contributed by atoms with van der Waals surface area (Å²) < 4.78 is 34.1. The lowest BCUT2D eigenvalue weighted by Gasteiger charge is -2.24. The number of esters is 2. The number of phosphoric ester groups is 1. The molecule has 2 atom stereocenters. The molecule has 0 aliphatic heterocycles. The number of phosphoric acid groups is 1. The first-order chi connectivity index (χ1) is 25.5. The highest BCUT2D eigenvalue weighted by Crippen LogP contribution is 2.43. The van der Waals surface area contributed by atoms with Crippen LogP contribution in [0.3, 0.4) is 0 Å². The Labute approximate surface area is 323 Å². The molecular weight excluding hydrogens is 689 g/mol. The third-order valence-corrected chi connectivity index (χ3v) is 8.95. The number of rotatable bonds is 35. The number of ether oxygens (including phenoxy) is 2. The number of quaternary nitrogens is 1. The van der Waals surface area contributed by atoms with Crippen molar-refractivity contribution in [2.45, 2.75) is 142 Å². The summed E-state index contributed by atoms with van der Waals surface area (Å²) in [5, 5.41) is 0. The summed E-state index contributed by atoms with van der Waals surface area (Å²) >= 11 is 0. The minimum absolute atomic E-state index is 0.0177. The van der Waals surface area contributed by atoms with Crippen LogP contribution in [-0.2, 0) is 32.7 Å². The molecule has 0 radical (unpaired) electrons. The van der Waals surface area contributed by atoms with E-state index < -0.39 is 32.5 Å². The monoisotopic (exact) mass is 765 g/mol. The van der Waals surface area contributed by atoms with Crippen molar-refractivity contribution in [3.05, 3.63) is 72.9 Å². The van der Waals surface area contributed by atoms with Crippen LogP contribution < -0.4 is 0 Å². The van der Waals surface area contributed by atoms with Crippen molar-refractivity contribution in [1.82, 2.24) is 0 Å². The van der Waals surface area contributed by atoms with Crippen LogP contribution in [-0.4, -0.2) is 74.9 Å². The third kappa shape index (κ3) is 39.0. The van der Waals surface area contributed by atoms with Gasteiger partial charge in [0, 0.05) is 12.8 Å². The van der Waals surface area contributed by atoms with E-state index in [-0.39, 0.29) is 26.1 Å². The second-order valence-corrected chi connectivity index (χ2v) is 15.7. The number of hydrogen-bond donors (Lipinski definition) is 1. The van der Waals surface area contributed by atoms with Crippen LogP contribution in [0.25, 0.3) is 0 Å².